The molecule has 1 heterocycles. The molecular weight excluding hydrogens is 268 g/mol. The average Bonchev–Trinajstić information content (AvgIpc) is 2.49. The molecule has 1 saturated carbocycles. The van der Waals surface area contributed by atoms with Crippen LogP contribution in [0.2, 0.25) is 18.1 Å². The Morgan fingerprint density at radius 2 is 1.90 bits per heavy atom. The topological polar surface area (TPSA) is 35.5 Å². The van der Waals surface area contributed by atoms with Gasteiger partial charge in [0.2, 0.25) is 0 Å². The maximum Gasteiger partial charge on any atom is 0.306 e. The summed E-state index contributed by atoms with van der Waals surface area (Å²) in [6.07, 6.45) is 1.83. The Kier molecular flexibility index (Phi) is 3.88. The van der Waals surface area contributed by atoms with Crippen LogP contribution in [0, 0.1) is 17.3 Å². The van der Waals surface area contributed by atoms with Gasteiger partial charge in [0.25, 0.3) is 0 Å². The first-order valence-electron chi connectivity index (χ1n) is 7.77. The van der Waals surface area contributed by atoms with Gasteiger partial charge in [-0.1, -0.05) is 34.6 Å². The third kappa shape index (κ3) is 2.82. The minimum atomic E-state index is -1.81. The number of hydrogen-bond donors (Lipinski definition) is 0. The molecule has 0 aromatic heterocycles. The van der Waals surface area contributed by atoms with Gasteiger partial charge in [-0.15, -0.1) is 0 Å². The Morgan fingerprint density at radius 3 is 2.45 bits per heavy atom. The van der Waals surface area contributed by atoms with Crippen LogP contribution in [0.4, 0.5) is 0 Å². The lowest BCUT2D eigenvalue weighted by molar-refractivity contribution is -0.153. The molecule has 0 amide bonds. The van der Waals surface area contributed by atoms with E-state index >= 15 is 0 Å². The maximum atomic E-state index is 11.7. The summed E-state index contributed by atoms with van der Waals surface area (Å²) in [7, 11) is -1.81. The van der Waals surface area contributed by atoms with Crippen LogP contribution in [0.25, 0.3) is 0 Å². The van der Waals surface area contributed by atoms with Gasteiger partial charge in [-0.25, -0.2) is 0 Å². The van der Waals surface area contributed by atoms with E-state index in [4.69, 9.17) is 9.16 Å². The van der Waals surface area contributed by atoms with E-state index in [0.29, 0.717) is 24.9 Å². The molecular formula is C16H30O3Si. The highest BCUT2D eigenvalue weighted by atomic mass is 28.4. The zero-order valence-corrected chi connectivity index (χ0v) is 15.1. The minimum Gasteiger partial charge on any atom is -0.465 e. The predicted octanol–water partition coefficient (Wildman–Crippen LogP) is 3.99. The number of ether oxygens (including phenoxy) is 1. The van der Waals surface area contributed by atoms with E-state index in [1.165, 1.54) is 0 Å². The largest absolute Gasteiger partial charge is 0.465 e. The van der Waals surface area contributed by atoms with Crippen molar-refractivity contribution < 1.29 is 14.0 Å². The number of esters is 1. The molecule has 0 bridgehead atoms. The van der Waals surface area contributed by atoms with Crippen molar-refractivity contribution in [2.75, 3.05) is 6.61 Å². The van der Waals surface area contributed by atoms with Crippen LogP contribution >= 0.6 is 0 Å². The number of carbonyl (C=O) groups is 1. The van der Waals surface area contributed by atoms with Crippen molar-refractivity contribution in [3.8, 4) is 0 Å². The molecule has 2 rings (SSSR count). The number of carbonyl (C=O) groups excluding carboxylic acids is 1. The van der Waals surface area contributed by atoms with Gasteiger partial charge in [0.15, 0.2) is 8.32 Å². The van der Waals surface area contributed by atoms with Gasteiger partial charge in [0, 0.05) is 5.92 Å². The van der Waals surface area contributed by atoms with Crippen LogP contribution in [0.5, 0.6) is 0 Å². The molecule has 2 aliphatic rings. The summed E-state index contributed by atoms with van der Waals surface area (Å²) in [6, 6.07) is 0. The second kappa shape index (κ2) is 4.84. The Labute approximate surface area is 124 Å². The fourth-order valence-corrected chi connectivity index (χ4v) is 4.90. The summed E-state index contributed by atoms with van der Waals surface area (Å²) in [5, 5.41) is 0.205. The van der Waals surface area contributed by atoms with Crippen LogP contribution < -0.4 is 0 Å². The maximum absolute atomic E-state index is 11.7. The first-order valence-corrected chi connectivity index (χ1v) is 10.7. The summed E-state index contributed by atoms with van der Waals surface area (Å²) in [6.45, 7) is 16.6. The Hall–Kier alpha value is -0.353. The standard InChI is InChI=1S/C16H30O3Si/c1-15(2,3)20(6,7)19-14-12-8-13(17)18-10-11(12)9-16(14,4)5/h11-12,14H,8-10H2,1-7H3/t11-,12+,14+/m0/s1. The number of fused-ring (bicyclic) bond motifs is 1. The van der Waals surface area contributed by atoms with Gasteiger partial charge in [-0.05, 0) is 35.9 Å². The van der Waals surface area contributed by atoms with E-state index < -0.39 is 8.32 Å². The number of cyclic esters (lactones) is 1. The third-order valence-corrected chi connectivity index (χ3v) is 10.1. The van der Waals surface area contributed by atoms with E-state index in [-0.39, 0.29) is 22.5 Å². The van der Waals surface area contributed by atoms with Gasteiger partial charge in [-0.3, -0.25) is 4.79 Å². The van der Waals surface area contributed by atoms with Crippen LogP contribution in [-0.2, 0) is 14.0 Å². The quantitative estimate of drug-likeness (QED) is 0.571. The summed E-state index contributed by atoms with van der Waals surface area (Å²) < 4.78 is 12.0. The smallest absolute Gasteiger partial charge is 0.306 e. The van der Waals surface area contributed by atoms with Crippen molar-refractivity contribution in [2.24, 2.45) is 17.3 Å². The van der Waals surface area contributed by atoms with Crippen LogP contribution in [0.1, 0.15) is 47.5 Å². The van der Waals surface area contributed by atoms with E-state index in [1.807, 2.05) is 0 Å². The monoisotopic (exact) mass is 298 g/mol. The minimum absolute atomic E-state index is 0.0484. The SMILES string of the molecule is CC1(C)C[C@H]2COC(=O)C[C@H]2[C@H]1O[Si](C)(C)C(C)(C)C. The zero-order chi connectivity index (χ0) is 15.3. The Balaban J connectivity index is 2.22. The first kappa shape index (κ1) is 16.0. The summed E-state index contributed by atoms with van der Waals surface area (Å²) in [4.78, 5) is 11.7. The second-order valence-electron chi connectivity index (χ2n) is 8.80. The van der Waals surface area contributed by atoms with Crippen molar-refractivity contribution in [3.05, 3.63) is 0 Å². The fourth-order valence-electron chi connectivity index (χ4n) is 3.42. The molecule has 4 heteroatoms. The van der Waals surface area contributed by atoms with Crippen LogP contribution in [-0.4, -0.2) is 27.0 Å². The molecule has 116 valence electrons. The molecule has 3 nitrogen and oxygen atoms in total. The van der Waals surface area contributed by atoms with Gasteiger partial charge >= 0.3 is 5.97 Å². The van der Waals surface area contributed by atoms with Crippen LogP contribution in [0.15, 0.2) is 0 Å². The van der Waals surface area contributed by atoms with E-state index in [1.54, 1.807) is 0 Å². The molecule has 20 heavy (non-hydrogen) atoms. The molecule has 3 atom stereocenters. The lowest BCUT2D eigenvalue weighted by atomic mass is 9.86. The second-order valence-corrected chi connectivity index (χ2v) is 13.6. The lowest BCUT2D eigenvalue weighted by Gasteiger charge is -2.43. The molecule has 0 spiro atoms. The highest BCUT2D eigenvalue weighted by molar-refractivity contribution is 6.74. The normalized spacial score (nSPS) is 33.8. The lowest BCUT2D eigenvalue weighted by Crippen LogP contribution is -2.49. The summed E-state index contributed by atoms with van der Waals surface area (Å²) in [5.74, 6) is 0.783. The molecule has 1 aliphatic carbocycles. The number of hydrogen-bond acceptors (Lipinski definition) is 3. The van der Waals surface area contributed by atoms with E-state index in [0.717, 1.165) is 6.42 Å². The van der Waals surface area contributed by atoms with Crippen molar-refractivity contribution in [1.82, 2.24) is 0 Å². The summed E-state index contributed by atoms with van der Waals surface area (Å²) >= 11 is 0. The Morgan fingerprint density at radius 1 is 1.30 bits per heavy atom. The molecule has 0 N–H and O–H groups in total. The molecule has 0 radical (unpaired) electrons. The summed E-state index contributed by atoms with van der Waals surface area (Å²) in [5.41, 5.74) is 0.138. The van der Waals surface area contributed by atoms with E-state index in [2.05, 4.69) is 47.7 Å². The predicted molar refractivity (Wildman–Crippen MR) is 83.0 cm³/mol. The van der Waals surface area contributed by atoms with Crippen molar-refractivity contribution in [2.45, 2.75) is 71.7 Å². The van der Waals surface area contributed by atoms with Gasteiger partial charge in [-0.2, -0.15) is 0 Å². The number of rotatable bonds is 2. The molecule has 2 fully saturated rings. The van der Waals surface area contributed by atoms with Crippen molar-refractivity contribution in [1.29, 1.82) is 0 Å². The molecule has 1 aliphatic heterocycles. The van der Waals surface area contributed by atoms with Gasteiger partial charge in [0.1, 0.15) is 0 Å². The van der Waals surface area contributed by atoms with E-state index in [9.17, 15) is 4.79 Å². The average molecular weight is 298 g/mol. The van der Waals surface area contributed by atoms with Crippen molar-refractivity contribution in [3.63, 3.8) is 0 Å². The van der Waals surface area contributed by atoms with Crippen molar-refractivity contribution >= 4 is 14.3 Å². The fraction of sp³-hybridized carbons (Fsp3) is 0.938. The molecule has 1 saturated heterocycles. The van der Waals surface area contributed by atoms with Gasteiger partial charge in [0.05, 0.1) is 19.1 Å². The van der Waals surface area contributed by atoms with Crippen LogP contribution in [0.3, 0.4) is 0 Å². The molecule has 0 aromatic carbocycles. The molecule has 0 aromatic rings. The third-order valence-electron chi connectivity index (χ3n) is 5.64. The first-order chi connectivity index (χ1) is 8.94. The zero-order valence-electron chi connectivity index (χ0n) is 14.1. The highest BCUT2D eigenvalue weighted by Gasteiger charge is 2.54. The van der Waals surface area contributed by atoms with Gasteiger partial charge < -0.3 is 9.16 Å². The highest BCUT2D eigenvalue weighted by Crippen LogP contribution is 2.52. The molecule has 0 unspecified atom stereocenters. The Bertz CT molecular complexity index is 395.